The maximum atomic E-state index is 10.9. The summed E-state index contributed by atoms with van der Waals surface area (Å²) in [6.07, 6.45) is 2.05. The fraction of sp³-hybridized carbons (Fsp3) is 0.588. The van der Waals surface area contributed by atoms with Crippen LogP contribution in [0.25, 0.3) is 0 Å². The number of carboxylic acids is 1. The zero-order valence-electron chi connectivity index (χ0n) is 13.7. The summed E-state index contributed by atoms with van der Waals surface area (Å²) in [5, 5.41) is 9.76. The van der Waals surface area contributed by atoms with Crippen LogP contribution in [0, 0.1) is 0 Å². The molecule has 1 saturated heterocycles. The minimum absolute atomic E-state index is 0. The van der Waals surface area contributed by atoms with E-state index in [4.69, 9.17) is 16.7 Å². The van der Waals surface area contributed by atoms with Gasteiger partial charge in [-0.15, -0.1) is 12.4 Å². The molecule has 0 saturated carbocycles. The molecule has 0 amide bonds. The normalized spacial score (nSPS) is 17.7. The number of hydrogen-bond acceptors (Lipinski definition) is 3. The van der Waals surface area contributed by atoms with E-state index >= 15 is 0 Å². The van der Waals surface area contributed by atoms with Crippen LogP contribution in [0.15, 0.2) is 24.3 Å². The van der Waals surface area contributed by atoms with Crippen LogP contribution in [0.2, 0.25) is 5.02 Å². The molecule has 6 heteroatoms. The average Bonchev–Trinajstić information content (AvgIpc) is 2.52. The number of benzene rings is 1. The molecular weight excluding hydrogens is 335 g/mol. The van der Waals surface area contributed by atoms with E-state index < -0.39 is 5.97 Å². The van der Waals surface area contributed by atoms with Gasteiger partial charge in [-0.05, 0) is 44.0 Å². The third-order valence-electron chi connectivity index (χ3n) is 4.66. The number of halogens is 2. The van der Waals surface area contributed by atoms with Gasteiger partial charge in [-0.3, -0.25) is 14.6 Å². The van der Waals surface area contributed by atoms with Gasteiger partial charge in [-0.2, -0.15) is 0 Å². The number of piperidine rings is 1. The molecule has 23 heavy (non-hydrogen) atoms. The van der Waals surface area contributed by atoms with Gasteiger partial charge < -0.3 is 5.11 Å². The highest BCUT2D eigenvalue weighted by molar-refractivity contribution is 6.30. The summed E-state index contributed by atoms with van der Waals surface area (Å²) in [6.45, 7) is 7.21. The molecule has 1 aliphatic heterocycles. The molecule has 0 aromatic heterocycles. The van der Waals surface area contributed by atoms with Crippen LogP contribution in [0.5, 0.6) is 0 Å². The average molecular weight is 361 g/mol. The standard InChI is InChI=1S/C17H25ClN2O2.ClH/c1-3-19(12-17(21)22)16-8-10-20(11-9-16)13(2)14-4-6-15(18)7-5-14;/h4-7,13,16H,3,8-12H2,1-2H3,(H,21,22);1H. The van der Waals surface area contributed by atoms with Gasteiger partial charge in [-0.25, -0.2) is 0 Å². The Kier molecular flexibility index (Phi) is 8.34. The second-order valence-electron chi connectivity index (χ2n) is 5.95. The van der Waals surface area contributed by atoms with Gasteiger partial charge in [0.25, 0.3) is 0 Å². The van der Waals surface area contributed by atoms with E-state index in [1.54, 1.807) is 0 Å². The van der Waals surface area contributed by atoms with Gasteiger partial charge in [-0.1, -0.05) is 30.7 Å². The van der Waals surface area contributed by atoms with Crippen molar-refractivity contribution in [2.45, 2.75) is 38.8 Å². The first-order valence-electron chi connectivity index (χ1n) is 7.96. The molecule has 1 N–H and O–H groups in total. The summed E-state index contributed by atoms with van der Waals surface area (Å²) in [7, 11) is 0. The molecule has 0 spiro atoms. The number of carboxylic acid groups (broad SMARTS) is 1. The summed E-state index contributed by atoms with van der Waals surface area (Å²) in [5.41, 5.74) is 1.28. The molecule has 4 nitrogen and oxygen atoms in total. The van der Waals surface area contributed by atoms with Crippen LogP contribution in [0.4, 0.5) is 0 Å². The highest BCUT2D eigenvalue weighted by Gasteiger charge is 2.27. The maximum absolute atomic E-state index is 10.9. The quantitative estimate of drug-likeness (QED) is 0.839. The van der Waals surface area contributed by atoms with E-state index in [1.807, 2.05) is 19.1 Å². The molecule has 1 aromatic carbocycles. The molecule has 1 unspecified atom stereocenters. The summed E-state index contributed by atoms with van der Waals surface area (Å²) in [6, 6.07) is 8.80. The largest absolute Gasteiger partial charge is 0.480 e. The van der Waals surface area contributed by atoms with E-state index in [-0.39, 0.29) is 19.0 Å². The summed E-state index contributed by atoms with van der Waals surface area (Å²) in [5.74, 6) is -0.737. The van der Waals surface area contributed by atoms with Crippen LogP contribution in [-0.2, 0) is 4.79 Å². The highest BCUT2D eigenvalue weighted by Crippen LogP contribution is 2.26. The summed E-state index contributed by atoms with van der Waals surface area (Å²) < 4.78 is 0. The fourth-order valence-electron chi connectivity index (χ4n) is 3.26. The second kappa shape index (κ2) is 9.48. The van der Waals surface area contributed by atoms with E-state index in [9.17, 15) is 4.79 Å². The Hall–Kier alpha value is -0.810. The van der Waals surface area contributed by atoms with E-state index in [0.717, 1.165) is 37.5 Å². The van der Waals surface area contributed by atoms with Gasteiger partial charge in [0.05, 0.1) is 6.54 Å². The van der Waals surface area contributed by atoms with Crippen molar-refractivity contribution in [1.82, 2.24) is 9.80 Å². The molecule has 1 fully saturated rings. The van der Waals surface area contributed by atoms with E-state index in [0.29, 0.717) is 12.1 Å². The van der Waals surface area contributed by atoms with Crippen LogP contribution in [0.1, 0.15) is 38.3 Å². The number of likely N-dealkylation sites (tertiary alicyclic amines) is 1. The lowest BCUT2D eigenvalue weighted by Crippen LogP contribution is -2.47. The highest BCUT2D eigenvalue weighted by atomic mass is 35.5. The monoisotopic (exact) mass is 360 g/mol. The smallest absolute Gasteiger partial charge is 0.317 e. The number of aliphatic carboxylic acids is 1. The molecule has 1 aromatic rings. The molecule has 0 radical (unpaired) electrons. The predicted molar refractivity (Wildman–Crippen MR) is 96.6 cm³/mol. The Morgan fingerprint density at radius 3 is 2.39 bits per heavy atom. The number of rotatable bonds is 6. The topological polar surface area (TPSA) is 43.8 Å². The molecule has 1 heterocycles. The SMILES string of the molecule is CCN(CC(=O)O)C1CCN(C(C)c2ccc(Cl)cc2)CC1.Cl. The molecule has 1 atom stereocenters. The lowest BCUT2D eigenvalue weighted by molar-refractivity contribution is -0.139. The molecule has 130 valence electrons. The van der Waals surface area contributed by atoms with Gasteiger partial charge in [0.15, 0.2) is 0 Å². The number of carbonyl (C=O) groups is 1. The first kappa shape index (κ1) is 20.2. The Morgan fingerprint density at radius 1 is 1.35 bits per heavy atom. The first-order valence-corrected chi connectivity index (χ1v) is 8.34. The van der Waals surface area contributed by atoms with Gasteiger partial charge in [0.2, 0.25) is 0 Å². The zero-order valence-corrected chi connectivity index (χ0v) is 15.3. The van der Waals surface area contributed by atoms with Crippen molar-refractivity contribution < 1.29 is 9.90 Å². The second-order valence-corrected chi connectivity index (χ2v) is 6.39. The zero-order chi connectivity index (χ0) is 16.1. The minimum atomic E-state index is -0.737. The summed E-state index contributed by atoms with van der Waals surface area (Å²) >= 11 is 5.95. The molecule has 2 rings (SSSR count). The third kappa shape index (κ3) is 5.64. The first-order chi connectivity index (χ1) is 10.5. The molecule has 0 aliphatic carbocycles. The lowest BCUT2D eigenvalue weighted by Gasteiger charge is -2.40. The predicted octanol–water partition coefficient (Wildman–Crippen LogP) is 3.69. The number of hydrogen-bond donors (Lipinski definition) is 1. The van der Waals surface area contributed by atoms with Crippen molar-refractivity contribution in [2.75, 3.05) is 26.2 Å². The summed E-state index contributed by atoms with van der Waals surface area (Å²) in [4.78, 5) is 15.5. The van der Waals surface area contributed by atoms with Gasteiger partial charge >= 0.3 is 5.97 Å². The Balaban J connectivity index is 0.00000264. The Bertz CT molecular complexity index is 488. The van der Waals surface area contributed by atoms with Crippen LogP contribution >= 0.6 is 24.0 Å². The van der Waals surface area contributed by atoms with Crippen LogP contribution in [-0.4, -0.2) is 53.1 Å². The Morgan fingerprint density at radius 2 is 1.91 bits per heavy atom. The van der Waals surface area contributed by atoms with Crippen LogP contribution in [0.3, 0.4) is 0 Å². The minimum Gasteiger partial charge on any atom is -0.480 e. The number of likely N-dealkylation sites (N-methyl/N-ethyl adjacent to an activating group) is 1. The van der Waals surface area contributed by atoms with Crippen molar-refractivity contribution in [3.05, 3.63) is 34.9 Å². The van der Waals surface area contributed by atoms with Crippen molar-refractivity contribution in [3.63, 3.8) is 0 Å². The van der Waals surface area contributed by atoms with Crippen molar-refractivity contribution in [2.24, 2.45) is 0 Å². The molecule has 0 bridgehead atoms. The van der Waals surface area contributed by atoms with Gasteiger partial charge in [0.1, 0.15) is 0 Å². The van der Waals surface area contributed by atoms with Crippen molar-refractivity contribution >= 4 is 30.0 Å². The fourth-order valence-corrected chi connectivity index (χ4v) is 3.39. The van der Waals surface area contributed by atoms with E-state index in [2.05, 4.69) is 28.9 Å². The van der Waals surface area contributed by atoms with Crippen molar-refractivity contribution in [3.8, 4) is 0 Å². The number of nitrogens with zero attached hydrogens (tertiary/aromatic N) is 2. The van der Waals surface area contributed by atoms with Gasteiger partial charge in [0, 0.05) is 30.2 Å². The maximum Gasteiger partial charge on any atom is 0.317 e. The third-order valence-corrected chi connectivity index (χ3v) is 4.91. The van der Waals surface area contributed by atoms with E-state index in [1.165, 1.54) is 5.56 Å². The van der Waals surface area contributed by atoms with Crippen molar-refractivity contribution in [1.29, 1.82) is 0 Å². The molecule has 1 aliphatic rings. The molecular formula is C17H26Cl2N2O2. The Labute approximate surface area is 149 Å². The van der Waals surface area contributed by atoms with Crippen LogP contribution < -0.4 is 0 Å². The lowest BCUT2D eigenvalue weighted by atomic mass is 9.99.